The Kier molecular flexibility index (Phi) is 5.91. The molecule has 2 aromatic rings. The second-order valence-corrected chi connectivity index (χ2v) is 8.69. The number of hydrogen-bond donors (Lipinski definition) is 3. The molecule has 1 saturated heterocycles. The molecular weight excluding hydrogens is 476 g/mol. The Labute approximate surface area is 174 Å². The first-order valence-electron chi connectivity index (χ1n) is 8.64. The zero-order valence-electron chi connectivity index (χ0n) is 15.0. The van der Waals surface area contributed by atoms with E-state index in [9.17, 15) is 14.7 Å². The van der Waals surface area contributed by atoms with Gasteiger partial charge < -0.3 is 10.4 Å². The van der Waals surface area contributed by atoms with Crippen molar-refractivity contribution in [3.8, 4) is 5.75 Å². The van der Waals surface area contributed by atoms with Crippen LogP contribution >= 0.6 is 31.9 Å². The summed E-state index contributed by atoms with van der Waals surface area (Å²) in [5.74, 6) is 0.257. The molecule has 0 spiro atoms. The van der Waals surface area contributed by atoms with Crippen LogP contribution in [0.3, 0.4) is 0 Å². The molecule has 0 aliphatic carbocycles. The number of halogens is 2. The molecule has 0 saturated carbocycles. The number of urea groups is 1. The van der Waals surface area contributed by atoms with Crippen molar-refractivity contribution in [2.24, 2.45) is 0 Å². The summed E-state index contributed by atoms with van der Waals surface area (Å²) in [7, 11) is 0. The summed E-state index contributed by atoms with van der Waals surface area (Å²) in [6, 6.07) is 8.64. The lowest BCUT2D eigenvalue weighted by molar-refractivity contribution is -0.120. The molecule has 1 aliphatic rings. The number of carbonyl (C=O) groups excluding carboxylic acids is 2. The minimum absolute atomic E-state index is 0.243. The van der Waals surface area contributed by atoms with Gasteiger partial charge in [0.1, 0.15) is 11.8 Å². The van der Waals surface area contributed by atoms with Crippen LogP contribution in [0, 0.1) is 0 Å². The van der Waals surface area contributed by atoms with Crippen LogP contribution in [-0.4, -0.2) is 23.1 Å². The number of benzene rings is 2. The SMILES string of the molecule is CC(C)c1cc(Cc2c(Br)cc(CC3NC(=O)NC3=O)cc2Br)ccc1O. The highest BCUT2D eigenvalue weighted by atomic mass is 79.9. The van der Waals surface area contributed by atoms with Gasteiger partial charge in [-0.1, -0.05) is 57.8 Å². The number of phenolic OH excluding ortho intramolecular Hbond substituents is 1. The molecule has 0 radical (unpaired) electrons. The van der Waals surface area contributed by atoms with Crippen LogP contribution in [0.1, 0.15) is 42.0 Å². The summed E-state index contributed by atoms with van der Waals surface area (Å²) < 4.78 is 1.85. The zero-order valence-corrected chi connectivity index (χ0v) is 18.1. The topological polar surface area (TPSA) is 78.4 Å². The maximum Gasteiger partial charge on any atom is 0.322 e. The molecule has 3 rings (SSSR count). The summed E-state index contributed by atoms with van der Waals surface area (Å²) in [6.45, 7) is 4.11. The molecule has 1 unspecified atom stereocenters. The monoisotopic (exact) mass is 494 g/mol. The maximum absolute atomic E-state index is 11.7. The van der Waals surface area contributed by atoms with Crippen molar-refractivity contribution in [1.82, 2.24) is 10.6 Å². The molecule has 1 heterocycles. The van der Waals surface area contributed by atoms with Crippen LogP contribution in [0.2, 0.25) is 0 Å². The molecule has 2 aromatic carbocycles. The third kappa shape index (κ3) is 4.52. The molecule has 3 N–H and O–H groups in total. The molecule has 3 amide bonds. The van der Waals surface area contributed by atoms with Gasteiger partial charge in [-0.15, -0.1) is 0 Å². The molecule has 27 heavy (non-hydrogen) atoms. The van der Waals surface area contributed by atoms with Crippen molar-refractivity contribution >= 4 is 43.8 Å². The van der Waals surface area contributed by atoms with E-state index in [1.807, 2.05) is 24.3 Å². The van der Waals surface area contributed by atoms with E-state index in [0.717, 1.165) is 31.2 Å². The largest absolute Gasteiger partial charge is 0.508 e. The van der Waals surface area contributed by atoms with Crippen LogP contribution in [0.5, 0.6) is 5.75 Å². The van der Waals surface area contributed by atoms with Crippen LogP contribution in [0.15, 0.2) is 39.3 Å². The number of amides is 3. The van der Waals surface area contributed by atoms with Crippen LogP contribution in [0.4, 0.5) is 4.79 Å². The first kappa shape index (κ1) is 19.9. The van der Waals surface area contributed by atoms with Gasteiger partial charge in [-0.25, -0.2) is 4.79 Å². The smallest absolute Gasteiger partial charge is 0.322 e. The highest BCUT2D eigenvalue weighted by molar-refractivity contribution is 9.11. The molecule has 142 valence electrons. The van der Waals surface area contributed by atoms with E-state index in [1.54, 1.807) is 6.07 Å². The number of hydrogen-bond acceptors (Lipinski definition) is 3. The molecule has 1 fully saturated rings. The zero-order chi connectivity index (χ0) is 19.7. The first-order chi connectivity index (χ1) is 12.7. The third-order valence-electron chi connectivity index (χ3n) is 4.59. The Hall–Kier alpha value is -1.86. The fraction of sp³-hybridized carbons (Fsp3) is 0.300. The molecule has 7 heteroatoms. The standard InChI is InChI=1S/C20H20Br2N2O3/c1-10(2)13-5-11(3-4-18(13)25)6-14-15(21)7-12(8-16(14)22)9-17-19(26)24-20(27)23-17/h3-5,7-8,10,17,25H,6,9H2,1-2H3,(H2,23,24,26,27). The molecular formula is C20H20Br2N2O3. The Morgan fingerprint density at radius 3 is 2.30 bits per heavy atom. The van der Waals surface area contributed by atoms with Gasteiger partial charge in [0, 0.05) is 15.4 Å². The quantitative estimate of drug-likeness (QED) is 0.538. The Morgan fingerprint density at radius 1 is 1.07 bits per heavy atom. The van der Waals surface area contributed by atoms with Gasteiger partial charge in [0.2, 0.25) is 0 Å². The average molecular weight is 496 g/mol. The number of carbonyl (C=O) groups is 2. The number of nitrogens with one attached hydrogen (secondary N) is 2. The Morgan fingerprint density at radius 2 is 1.74 bits per heavy atom. The summed E-state index contributed by atoms with van der Waals surface area (Å²) >= 11 is 7.25. The van der Waals surface area contributed by atoms with Gasteiger partial charge >= 0.3 is 6.03 Å². The lowest BCUT2D eigenvalue weighted by Gasteiger charge is -2.14. The second-order valence-electron chi connectivity index (χ2n) is 6.98. The van der Waals surface area contributed by atoms with Gasteiger partial charge in [-0.3, -0.25) is 10.1 Å². The number of phenols is 1. The second kappa shape index (κ2) is 8.02. The van der Waals surface area contributed by atoms with Crippen molar-refractivity contribution in [1.29, 1.82) is 0 Å². The number of imide groups is 1. The number of aromatic hydroxyl groups is 1. The van der Waals surface area contributed by atoms with Gasteiger partial charge in [-0.2, -0.15) is 0 Å². The fourth-order valence-electron chi connectivity index (χ4n) is 3.16. The van der Waals surface area contributed by atoms with Gasteiger partial charge in [0.15, 0.2) is 0 Å². The summed E-state index contributed by atoms with van der Waals surface area (Å²) in [4.78, 5) is 23.0. The average Bonchev–Trinajstić information content (AvgIpc) is 2.89. The normalized spacial score (nSPS) is 16.6. The first-order valence-corrected chi connectivity index (χ1v) is 10.2. The van der Waals surface area contributed by atoms with E-state index in [0.29, 0.717) is 18.6 Å². The van der Waals surface area contributed by atoms with E-state index in [1.165, 1.54) is 0 Å². The summed E-state index contributed by atoms with van der Waals surface area (Å²) in [5.41, 5.74) is 4.06. The highest BCUT2D eigenvalue weighted by Crippen LogP contribution is 2.32. The van der Waals surface area contributed by atoms with Crippen LogP contribution in [0.25, 0.3) is 0 Å². The number of rotatable bonds is 5. The summed E-state index contributed by atoms with van der Waals surface area (Å²) in [5, 5.41) is 14.9. The van der Waals surface area contributed by atoms with Crippen molar-refractivity contribution in [2.45, 2.75) is 38.6 Å². The van der Waals surface area contributed by atoms with Crippen LogP contribution in [-0.2, 0) is 17.6 Å². The van der Waals surface area contributed by atoms with E-state index in [2.05, 4.69) is 56.3 Å². The maximum atomic E-state index is 11.7. The van der Waals surface area contributed by atoms with E-state index in [-0.39, 0.29) is 11.8 Å². The molecule has 0 aromatic heterocycles. The highest BCUT2D eigenvalue weighted by Gasteiger charge is 2.29. The minimum atomic E-state index is -0.548. The molecule has 0 bridgehead atoms. The van der Waals surface area contributed by atoms with Crippen molar-refractivity contribution in [3.63, 3.8) is 0 Å². The molecule has 1 aliphatic heterocycles. The minimum Gasteiger partial charge on any atom is -0.508 e. The van der Waals surface area contributed by atoms with Gasteiger partial charge in [0.25, 0.3) is 5.91 Å². The fourth-order valence-corrected chi connectivity index (χ4v) is 4.72. The summed E-state index contributed by atoms with van der Waals surface area (Å²) in [6.07, 6.45) is 1.12. The third-order valence-corrected chi connectivity index (χ3v) is 6.01. The van der Waals surface area contributed by atoms with E-state index in [4.69, 9.17) is 0 Å². The predicted molar refractivity (Wildman–Crippen MR) is 111 cm³/mol. The van der Waals surface area contributed by atoms with Gasteiger partial charge in [-0.05, 0) is 52.8 Å². The van der Waals surface area contributed by atoms with Gasteiger partial charge in [0.05, 0.1) is 0 Å². The van der Waals surface area contributed by atoms with Crippen molar-refractivity contribution in [2.75, 3.05) is 0 Å². The van der Waals surface area contributed by atoms with Crippen molar-refractivity contribution < 1.29 is 14.7 Å². The Bertz CT molecular complexity index is 889. The van der Waals surface area contributed by atoms with Crippen molar-refractivity contribution in [3.05, 3.63) is 61.5 Å². The molecule has 1 atom stereocenters. The van der Waals surface area contributed by atoms with Crippen LogP contribution < -0.4 is 10.6 Å². The Balaban J connectivity index is 1.82. The predicted octanol–water partition coefficient (Wildman–Crippen LogP) is 4.38. The van der Waals surface area contributed by atoms with E-state index >= 15 is 0 Å². The molecule has 5 nitrogen and oxygen atoms in total. The lowest BCUT2D eigenvalue weighted by Crippen LogP contribution is -2.31. The van der Waals surface area contributed by atoms with E-state index < -0.39 is 12.1 Å². The lowest BCUT2D eigenvalue weighted by atomic mass is 9.96.